The molecule has 1 N–H and O–H groups in total. The van der Waals surface area contributed by atoms with Gasteiger partial charge in [0.15, 0.2) is 0 Å². The van der Waals surface area contributed by atoms with E-state index in [1.54, 1.807) is 0 Å². The van der Waals surface area contributed by atoms with Gasteiger partial charge in [-0.05, 0) is 42.7 Å². The fraction of sp³-hybridized carbons (Fsp3) is 0.400. The number of hydrogen-bond donors (Lipinski definition) is 1. The average Bonchev–Trinajstić information content (AvgIpc) is 3.11. The summed E-state index contributed by atoms with van der Waals surface area (Å²) in [5.41, 5.74) is 2.24. The molecule has 18 heavy (non-hydrogen) atoms. The maximum absolute atomic E-state index is 9.30. The van der Waals surface area contributed by atoms with Crippen LogP contribution < -0.4 is 0 Å². The number of aromatic nitrogens is 1. The summed E-state index contributed by atoms with van der Waals surface area (Å²) in [6.45, 7) is 0. The zero-order chi connectivity index (χ0) is 12.1. The number of rotatable bonds is 1. The first-order valence-corrected chi connectivity index (χ1v) is 6.66. The summed E-state index contributed by atoms with van der Waals surface area (Å²) in [4.78, 5) is 0. The summed E-state index contributed by atoms with van der Waals surface area (Å²) >= 11 is 0. The molecule has 1 aromatic carbocycles. The molecule has 2 fully saturated rings. The number of para-hydroxylation sites is 1. The van der Waals surface area contributed by atoms with E-state index in [9.17, 15) is 5.21 Å². The Kier molecular flexibility index (Phi) is 2.04. The van der Waals surface area contributed by atoms with E-state index in [2.05, 4.69) is 46.3 Å². The Bertz CT molecular complexity index is 628. The Labute approximate surface area is 106 Å². The van der Waals surface area contributed by atoms with Crippen LogP contribution >= 0.6 is 0 Å². The van der Waals surface area contributed by atoms with Crippen LogP contribution in [-0.2, 0) is 0 Å². The standard InChI is InChI=1S/C15H16N2O/c18-16-14-11-5-6-12(9-11)15(14)17-8-7-10-3-1-2-4-13(10)17/h1-4,7-8,11-12,15,18H,5-6,9H2/b16-14+/t11-,12+,15+/m0/s1. The molecule has 0 aliphatic heterocycles. The molecule has 0 unspecified atom stereocenters. The molecule has 3 atom stereocenters. The SMILES string of the molecule is O/N=C1\[C@H]2CC[C@H](C2)[C@H]1n1ccc2ccccc21. The van der Waals surface area contributed by atoms with Crippen LogP contribution in [0, 0.1) is 11.8 Å². The van der Waals surface area contributed by atoms with Gasteiger partial charge in [-0.3, -0.25) is 0 Å². The predicted octanol–water partition coefficient (Wildman–Crippen LogP) is 3.44. The van der Waals surface area contributed by atoms with Crippen LogP contribution in [0.15, 0.2) is 41.7 Å². The van der Waals surface area contributed by atoms with Crippen molar-refractivity contribution in [3.8, 4) is 0 Å². The minimum atomic E-state index is 0.272. The van der Waals surface area contributed by atoms with Crippen LogP contribution in [-0.4, -0.2) is 15.5 Å². The first-order chi connectivity index (χ1) is 8.88. The molecule has 0 spiro atoms. The van der Waals surface area contributed by atoms with Gasteiger partial charge in [-0.1, -0.05) is 23.4 Å². The summed E-state index contributed by atoms with van der Waals surface area (Å²) < 4.78 is 2.30. The van der Waals surface area contributed by atoms with Crippen LogP contribution in [0.5, 0.6) is 0 Å². The van der Waals surface area contributed by atoms with Gasteiger partial charge >= 0.3 is 0 Å². The maximum atomic E-state index is 9.30. The van der Waals surface area contributed by atoms with E-state index in [1.165, 1.54) is 30.2 Å². The molecule has 0 amide bonds. The maximum Gasteiger partial charge on any atom is 0.0832 e. The number of benzene rings is 1. The Balaban J connectivity index is 1.88. The number of nitrogens with zero attached hydrogens (tertiary/aromatic N) is 2. The Morgan fingerprint density at radius 1 is 1.17 bits per heavy atom. The van der Waals surface area contributed by atoms with Gasteiger partial charge in [0.1, 0.15) is 0 Å². The van der Waals surface area contributed by atoms with E-state index >= 15 is 0 Å². The number of oxime groups is 1. The van der Waals surface area contributed by atoms with Crippen LogP contribution in [0.4, 0.5) is 0 Å². The molecule has 0 saturated heterocycles. The van der Waals surface area contributed by atoms with Crippen molar-refractivity contribution in [2.45, 2.75) is 25.3 Å². The van der Waals surface area contributed by atoms with E-state index in [4.69, 9.17) is 0 Å². The van der Waals surface area contributed by atoms with Crippen LogP contribution in [0.1, 0.15) is 25.3 Å². The summed E-state index contributed by atoms with van der Waals surface area (Å²) in [7, 11) is 0. The van der Waals surface area contributed by atoms with E-state index in [0.717, 1.165) is 5.71 Å². The molecule has 2 aromatic rings. The number of fused-ring (bicyclic) bond motifs is 3. The van der Waals surface area contributed by atoms with Crippen LogP contribution in [0.2, 0.25) is 0 Å². The Hall–Kier alpha value is -1.77. The fourth-order valence-corrected chi connectivity index (χ4v) is 3.91. The highest BCUT2D eigenvalue weighted by Gasteiger charge is 2.46. The Morgan fingerprint density at radius 3 is 2.94 bits per heavy atom. The molecule has 4 rings (SSSR count). The lowest BCUT2D eigenvalue weighted by molar-refractivity contribution is 0.307. The number of hydrogen-bond acceptors (Lipinski definition) is 2. The minimum Gasteiger partial charge on any atom is -0.411 e. The molecule has 92 valence electrons. The third-order valence-electron chi connectivity index (χ3n) is 4.69. The van der Waals surface area contributed by atoms with Gasteiger partial charge in [-0.2, -0.15) is 0 Å². The zero-order valence-electron chi connectivity index (χ0n) is 10.2. The molecule has 1 heterocycles. The summed E-state index contributed by atoms with van der Waals surface area (Å²) in [6, 6.07) is 10.8. The largest absolute Gasteiger partial charge is 0.411 e. The molecule has 3 heteroatoms. The average molecular weight is 240 g/mol. The zero-order valence-corrected chi connectivity index (χ0v) is 10.2. The Morgan fingerprint density at radius 2 is 2.06 bits per heavy atom. The van der Waals surface area contributed by atoms with Crippen LogP contribution in [0.25, 0.3) is 10.9 Å². The van der Waals surface area contributed by atoms with Crippen molar-refractivity contribution in [2.75, 3.05) is 0 Å². The minimum absolute atomic E-state index is 0.272. The van der Waals surface area contributed by atoms with E-state index in [0.29, 0.717) is 11.8 Å². The third kappa shape index (κ3) is 1.22. The van der Waals surface area contributed by atoms with E-state index < -0.39 is 0 Å². The predicted molar refractivity (Wildman–Crippen MR) is 71.0 cm³/mol. The van der Waals surface area contributed by atoms with Crippen molar-refractivity contribution >= 4 is 16.6 Å². The molecule has 3 nitrogen and oxygen atoms in total. The van der Waals surface area contributed by atoms with Gasteiger partial charge in [0, 0.05) is 17.6 Å². The van der Waals surface area contributed by atoms with E-state index in [-0.39, 0.29) is 6.04 Å². The highest BCUT2D eigenvalue weighted by Crippen LogP contribution is 2.49. The van der Waals surface area contributed by atoms with Gasteiger partial charge in [0.25, 0.3) is 0 Å². The van der Waals surface area contributed by atoms with Gasteiger partial charge in [-0.15, -0.1) is 0 Å². The fourth-order valence-electron chi connectivity index (χ4n) is 3.91. The first kappa shape index (κ1) is 10.2. The van der Waals surface area contributed by atoms with Crippen LogP contribution in [0.3, 0.4) is 0 Å². The van der Waals surface area contributed by atoms with Crippen molar-refractivity contribution in [2.24, 2.45) is 17.0 Å². The second-order valence-electron chi connectivity index (χ2n) is 5.52. The summed E-state index contributed by atoms with van der Waals surface area (Å²) in [5.74, 6) is 1.16. The van der Waals surface area contributed by atoms with Gasteiger partial charge in [-0.25, -0.2) is 0 Å². The quantitative estimate of drug-likeness (QED) is 0.601. The monoisotopic (exact) mass is 240 g/mol. The molecule has 2 aliphatic carbocycles. The molecular formula is C15H16N2O. The normalized spacial score (nSPS) is 32.7. The van der Waals surface area contributed by atoms with Crippen molar-refractivity contribution in [1.29, 1.82) is 0 Å². The van der Waals surface area contributed by atoms with Crippen molar-refractivity contribution in [3.63, 3.8) is 0 Å². The third-order valence-corrected chi connectivity index (χ3v) is 4.69. The van der Waals surface area contributed by atoms with Crippen molar-refractivity contribution in [3.05, 3.63) is 36.5 Å². The highest BCUT2D eigenvalue weighted by atomic mass is 16.4. The molecule has 0 radical (unpaired) electrons. The lowest BCUT2D eigenvalue weighted by atomic mass is 9.93. The lowest BCUT2D eigenvalue weighted by Crippen LogP contribution is -2.25. The van der Waals surface area contributed by atoms with E-state index in [1.807, 2.05) is 0 Å². The smallest absolute Gasteiger partial charge is 0.0832 e. The first-order valence-electron chi connectivity index (χ1n) is 6.66. The van der Waals surface area contributed by atoms with Gasteiger partial charge < -0.3 is 9.77 Å². The van der Waals surface area contributed by atoms with Gasteiger partial charge in [0.05, 0.1) is 11.8 Å². The van der Waals surface area contributed by atoms with Crippen molar-refractivity contribution in [1.82, 2.24) is 4.57 Å². The second-order valence-corrected chi connectivity index (χ2v) is 5.52. The molecule has 2 aliphatic rings. The summed E-state index contributed by atoms with van der Waals surface area (Å²) in [5, 5.41) is 14.2. The lowest BCUT2D eigenvalue weighted by Gasteiger charge is -2.25. The molecule has 2 saturated carbocycles. The highest BCUT2D eigenvalue weighted by molar-refractivity contribution is 5.94. The molecular weight excluding hydrogens is 224 g/mol. The molecule has 2 bridgehead atoms. The van der Waals surface area contributed by atoms with Gasteiger partial charge in [0.2, 0.25) is 0 Å². The molecule has 1 aromatic heterocycles. The summed E-state index contributed by atoms with van der Waals surface area (Å²) in [6.07, 6.45) is 5.79. The second kappa shape index (κ2) is 3.61. The topological polar surface area (TPSA) is 37.5 Å². The van der Waals surface area contributed by atoms with Crippen molar-refractivity contribution < 1.29 is 5.21 Å².